The first-order chi connectivity index (χ1) is 47.7. The lowest BCUT2D eigenvalue weighted by Gasteiger charge is -2.08. The number of rotatable bonds is 2. The summed E-state index contributed by atoms with van der Waals surface area (Å²) >= 11 is 3.38. The molecule has 14 nitrogen and oxygen atoms in total. The van der Waals surface area contributed by atoms with Gasteiger partial charge in [-0.3, -0.25) is 9.13 Å². The quantitative estimate of drug-likeness (QED) is 0.164. The fraction of sp³-hybridized carbons (Fsp3) is 0.122. The van der Waals surface area contributed by atoms with E-state index in [0.717, 1.165) is 101 Å². The van der Waals surface area contributed by atoms with E-state index in [9.17, 15) is 0 Å². The Kier molecular flexibility index (Phi) is 20.8. The molecule has 19 rings (SSSR count). The molecule has 0 atom stereocenters. The molecule has 0 N–H and O–H groups in total. The standard InChI is InChI=1S/C18H14N2.C14H12N2.2C9H10N2.2C8H7NO.2C8H7NS/c1-13-19-17-8-4-5-9-18(17)20(13)16-11-10-14-6-2-3-7-15(14)12-16;1-11-15-13-9-5-6-10-14(13)16(11)12-7-3-2-4-8-12;1-7-4-3-5-8-9(7)10-6-11(8)2;1-7-10-8-5-3-4-6-9(8)11(7)2;1-6-2-3-8-7(4-6)9-5-10-8;1-6-3-2-4-7-8(6)9-5-10-7;1-6-2-3-8-7(4-6)9-5-10-8;1-6-3-2-4-7-8(6)9-5-10-7/h2-12H,1H3;2-10H,1H3;2*3-6H,1-2H3;4*2-5H,1H3. The monoisotopic (exact) mass is 1320 g/mol. The van der Waals surface area contributed by atoms with Gasteiger partial charge in [-0.05, 0) is 197 Å². The fourth-order valence-corrected chi connectivity index (χ4v) is 12.8. The van der Waals surface area contributed by atoms with E-state index in [0.29, 0.717) is 0 Å². The van der Waals surface area contributed by atoms with Crippen molar-refractivity contribution in [2.45, 2.75) is 55.4 Å². The summed E-state index contributed by atoms with van der Waals surface area (Å²) in [6, 6.07) is 80.5. The highest BCUT2D eigenvalue weighted by Crippen LogP contribution is 2.27. The molecular weight excluding hydrogens is 1250 g/mol. The van der Waals surface area contributed by atoms with Crippen LogP contribution >= 0.6 is 22.7 Å². The van der Waals surface area contributed by atoms with Gasteiger partial charge in [-0.2, -0.15) is 0 Å². The molecule has 0 saturated carbocycles. The average molecular weight is 1320 g/mol. The van der Waals surface area contributed by atoms with E-state index in [4.69, 9.17) is 8.83 Å². The summed E-state index contributed by atoms with van der Waals surface area (Å²) in [5, 5.41) is 2.51. The van der Waals surface area contributed by atoms with Gasteiger partial charge in [0.15, 0.2) is 24.0 Å². The summed E-state index contributed by atoms with van der Waals surface area (Å²) in [7, 11) is 4.04. The normalized spacial score (nSPS) is 10.8. The molecule has 11 aromatic carbocycles. The van der Waals surface area contributed by atoms with Crippen molar-refractivity contribution >= 4 is 120 Å². The van der Waals surface area contributed by atoms with E-state index in [-0.39, 0.29) is 0 Å². The average Bonchev–Trinajstić information content (AvgIpc) is 1.64. The molecule has 0 amide bonds. The van der Waals surface area contributed by atoms with Crippen LogP contribution in [0.2, 0.25) is 0 Å². The smallest absolute Gasteiger partial charge is 0.181 e. The first-order valence-corrected chi connectivity index (χ1v) is 33.9. The Morgan fingerprint density at radius 1 is 0.327 bits per heavy atom. The van der Waals surface area contributed by atoms with Crippen LogP contribution < -0.4 is 0 Å². The van der Waals surface area contributed by atoms with Crippen LogP contribution in [0.3, 0.4) is 0 Å². The van der Waals surface area contributed by atoms with Crippen LogP contribution in [-0.4, -0.2) is 58.1 Å². The lowest BCUT2D eigenvalue weighted by molar-refractivity contribution is 0.602. The molecular formula is C82H74N12O2S2. The minimum atomic E-state index is 0.852. The third-order valence-electron chi connectivity index (χ3n) is 16.5. The van der Waals surface area contributed by atoms with Crippen molar-refractivity contribution in [2.24, 2.45) is 14.1 Å². The van der Waals surface area contributed by atoms with E-state index in [1.165, 1.54) is 66.2 Å². The number of aromatic nitrogens is 12. The highest BCUT2D eigenvalue weighted by Gasteiger charge is 2.11. The summed E-state index contributed by atoms with van der Waals surface area (Å²) in [6.45, 7) is 16.4. The van der Waals surface area contributed by atoms with Crippen LogP contribution in [0.15, 0.2) is 276 Å². The molecule has 0 aliphatic carbocycles. The number of fused-ring (bicyclic) bond motifs is 9. The van der Waals surface area contributed by atoms with Crippen molar-refractivity contribution in [3.05, 3.63) is 312 Å². The molecule has 19 aromatic rings. The molecule has 486 valence electrons. The summed E-state index contributed by atoms with van der Waals surface area (Å²) < 4.78 is 21.2. The van der Waals surface area contributed by atoms with E-state index >= 15 is 0 Å². The van der Waals surface area contributed by atoms with Crippen LogP contribution in [0.1, 0.15) is 45.3 Å². The number of hydrogen-bond donors (Lipinski definition) is 0. The molecule has 0 spiro atoms. The number of hydrogen-bond acceptors (Lipinski definition) is 12. The molecule has 0 unspecified atom stereocenters. The highest BCUT2D eigenvalue weighted by atomic mass is 32.1. The highest BCUT2D eigenvalue weighted by molar-refractivity contribution is 7.17. The van der Waals surface area contributed by atoms with Gasteiger partial charge < -0.3 is 18.0 Å². The van der Waals surface area contributed by atoms with Gasteiger partial charge in [0.2, 0.25) is 0 Å². The zero-order valence-corrected chi connectivity index (χ0v) is 58.0. The van der Waals surface area contributed by atoms with Crippen molar-refractivity contribution in [1.82, 2.24) is 58.1 Å². The molecule has 0 bridgehead atoms. The Morgan fingerprint density at radius 2 is 0.857 bits per heavy atom. The number of benzene rings is 11. The van der Waals surface area contributed by atoms with Crippen LogP contribution in [-0.2, 0) is 14.1 Å². The summed E-state index contributed by atoms with van der Waals surface area (Å²) in [4.78, 5) is 34.3. The molecule has 16 heteroatoms. The maximum absolute atomic E-state index is 5.09. The van der Waals surface area contributed by atoms with Gasteiger partial charge in [0.1, 0.15) is 28.5 Å². The maximum atomic E-state index is 5.09. The zero-order chi connectivity index (χ0) is 68.1. The predicted molar refractivity (Wildman–Crippen MR) is 406 cm³/mol. The van der Waals surface area contributed by atoms with E-state index < -0.39 is 0 Å². The molecule has 0 radical (unpaired) electrons. The van der Waals surface area contributed by atoms with Gasteiger partial charge in [0.25, 0.3) is 0 Å². The van der Waals surface area contributed by atoms with E-state index in [1.807, 2.05) is 161 Å². The molecule has 0 aliphatic heterocycles. The van der Waals surface area contributed by atoms with Crippen molar-refractivity contribution in [3.63, 3.8) is 0 Å². The SMILES string of the molecule is Cc1ccc2ocnc2c1.Cc1ccc2scnc2c1.Cc1cccc2c1ncn2C.Cc1cccc2ocnc12.Cc1cccc2scnc12.Cc1nc2ccccc2n1-c1ccc2ccccc2c1.Cc1nc2ccccc2n1-c1ccccc1.Cc1nc2ccccc2n1C. The van der Waals surface area contributed by atoms with Crippen molar-refractivity contribution < 1.29 is 8.83 Å². The Balaban J connectivity index is 0.000000108. The lowest BCUT2D eigenvalue weighted by atomic mass is 10.1. The second-order valence-electron chi connectivity index (χ2n) is 23.5. The Labute approximate surface area is 576 Å². The zero-order valence-electron chi connectivity index (χ0n) is 56.4. The van der Waals surface area contributed by atoms with Crippen molar-refractivity contribution in [1.29, 1.82) is 0 Å². The summed E-state index contributed by atoms with van der Waals surface area (Å²) in [5.74, 6) is 3.10. The summed E-state index contributed by atoms with van der Waals surface area (Å²) in [5.41, 5.74) is 27.1. The van der Waals surface area contributed by atoms with Crippen LogP contribution in [0.5, 0.6) is 0 Å². The first kappa shape index (κ1) is 66.3. The Hall–Kier alpha value is -11.7. The third-order valence-corrected chi connectivity index (χ3v) is 18.1. The van der Waals surface area contributed by atoms with Crippen LogP contribution in [0.25, 0.3) is 109 Å². The summed E-state index contributed by atoms with van der Waals surface area (Å²) in [6.07, 6.45) is 4.78. The van der Waals surface area contributed by atoms with Gasteiger partial charge in [-0.25, -0.2) is 39.9 Å². The second-order valence-corrected chi connectivity index (χ2v) is 25.3. The second kappa shape index (κ2) is 30.8. The largest absolute Gasteiger partial charge is 0.443 e. The lowest BCUT2D eigenvalue weighted by Crippen LogP contribution is -1.96. The molecule has 8 heterocycles. The number of oxazole rings is 2. The van der Waals surface area contributed by atoms with Gasteiger partial charge in [-0.1, -0.05) is 133 Å². The first-order valence-electron chi connectivity index (χ1n) is 32.1. The number of nitrogens with zero attached hydrogens (tertiary/aromatic N) is 12. The maximum Gasteiger partial charge on any atom is 0.181 e. The van der Waals surface area contributed by atoms with E-state index in [1.54, 1.807) is 22.7 Å². The molecule has 0 saturated heterocycles. The molecule has 98 heavy (non-hydrogen) atoms. The molecule has 0 aliphatic rings. The number of para-hydroxylation sites is 10. The molecule has 0 fully saturated rings. The predicted octanol–water partition coefficient (Wildman–Crippen LogP) is 21.1. The van der Waals surface area contributed by atoms with Crippen LogP contribution in [0, 0.1) is 55.4 Å². The number of thiazole rings is 2. The van der Waals surface area contributed by atoms with E-state index in [2.05, 4.69) is 221 Å². The fourth-order valence-electron chi connectivity index (χ4n) is 11.4. The van der Waals surface area contributed by atoms with Gasteiger partial charge in [-0.15, -0.1) is 22.7 Å². The van der Waals surface area contributed by atoms with Gasteiger partial charge in [0, 0.05) is 25.5 Å². The topological polar surface area (TPSA) is 149 Å². The van der Waals surface area contributed by atoms with Gasteiger partial charge >= 0.3 is 0 Å². The van der Waals surface area contributed by atoms with Crippen molar-refractivity contribution in [3.8, 4) is 11.4 Å². The molecule has 8 aromatic heterocycles. The number of aryl methyl sites for hydroxylation is 10. The van der Waals surface area contributed by atoms with Gasteiger partial charge in [0.05, 0.1) is 81.9 Å². The minimum Gasteiger partial charge on any atom is -0.443 e. The third kappa shape index (κ3) is 15.5. The Morgan fingerprint density at radius 3 is 1.54 bits per heavy atom. The Bertz CT molecular complexity index is 5680. The minimum absolute atomic E-state index is 0.852. The van der Waals surface area contributed by atoms with Crippen LogP contribution in [0.4, 0.5) is 0 Å². The van der Waals surface area contributed by atoms with Crippen molar-refractivity contribution in [2.75, 3.05) is 0 Å². The number of imidazole rings is 4.